The van der Waals surface area contributed by atoms with E-state index in [0.717, 1.165) is 117 Å². The van der Waals surface area contributed by atoms with E-state index in [0.29, 0.717) is 37.1 Å². The number of carbonyl (C=O) groups excluding carboxylic acids is 6. The maximum atomic E-state index is 14.0. The first-order valence-electron chi connectivity index (χ1n) is 28.4. The zero-order valence-corrected chi connectivity index (χ0v) is 47.9. The highest BCUT2D eigenvalue weighted by molar-refractivity contribution is 7.13. The molecule has 2 aromatic heterocycles. The number of hydrogen-bond donors (Lipinski definition) is 5. The first-order chi connectivity index (χ1) is 37.9. The topological polar surface area (TPSA) is 198 Å². The Hall–Kier alpha value is -6.69. The fourth-order valence-electron chi connectivity index (χ4n) is 11.3. The van der Waals surface area contributed by atoms with Gasteiger partial charge in [0.25, 0.3) is 11.8 Å². The molecule has 5 N–H and O–H groups in total. The summed E-state index contributed by atoms with van der Waals surface area (Å²) in [5.41, 5.74) is 9.43. The van der Waals surface area contributed by atoms with E-state index in [4.69, 9.17) is 0 Å². The van der Waals surface area contributed by atoms with Crippen molar-refractivity contribution in [1.29, 1.82) is 0 Å². The Morgan fingerprint density at radius 2 is 1.37 bits per heavy atom. The van der Waals surface area contributed by atoms with Gasteiger partial charge in [-0.05, 0) is 103 Å². The van der Waals surface area contributed by atoms with Crippen molar-refractivity contribution in [2.45, 2.75) is 167 Å². The van der Waals surface area contributed by atoms with Crippen LogP contribution < -0.4 is 21.3 Å². The molecule has 17 heteroatoms. The van der Waals surface area contributed by atoms with Crippen LogP contribution in [0.2, 0.25) is 0 Å². The normalized spacial score (nSPS) is 17.1. The Morgan fingerprint density at radius 3 is 1.96 bits per heavy atom. The third kappa shape index (κ3) is 14.8. The number of nitrogens with one attached hydrogen (secondary N) is 4. The van der Waals surface area contributed by atoms with Crippen molar-refractivity contribution in [3.05, 3.63) is 130 Å². The first kappa shape index (κ1) is 58.5. The Morgan fingerprint density at radius 1 is 0.759 bits per heavy atom. The lowest BCUT2D eigenvalue weighted by Crippen LogP contribution is -2.57. The van der Waals surface area contributed by atoms with Crippen molar-refractivity contribution in [3.63, 3.8) is 0 Å². The van der Waals surface area contributed by atoms with Gasteiger partial charge in [-0.3, -0.25) is 33.7 Å². The summed E-state index contributed by atoms with van der Waals surface area (Å²) in [4.78, 5) is 90.5. The Bertz CT molecular complexity index is 2900. The average molecular weight is 1100 g/mol. The predicted octanol–water partition coefficient (Wildman–Crippen LogP) is 9.10. The van der Waals surface area contributed by atoms with Gasteiger partial charge in [-0.2, -0.15) is 0 Å². The van der Waals surface area contributed by atoms with Crippen molar-refractivity contribution < 1.29 is 33.9 Å². The van der Waals surface area contributed by atoms with Crippen LogP contribution >= 0.6 is 11.3 Å². The molecule has 8 rings (SSSR count). The second kappa shape index (κ2) is 26.5. The van der Waals surface area contributed by atoms with E-state index in [1.54, 1.807) is 30.3 Å². The van der Waals surface area contributed by atoms with Gasteiger partial charge in [0.05, 0.1) is 27.7 Å². The number of likely N-dealkylation sites (tertiary alicyclic amines) is 1. The number of hydrogen-bond acceptors (Lipinski definition) is 10. The Kier molecular flexibility index (Phi) is 19.6. The number of nitrogens with zero attached hydrogens (tertiary/aromatic N) is 5. The second-order valence-corrected chi connectivity index (χ2v) is 24.0. The highest BCUT2D eigenvalue weighted by Gasteiger charge is 2.49. The highest BCUT2D eigenvalue weighted by Crippen LogP contribution is 2.49. The van der Waals surface area contributed by atoms with Crippen LogP contribution in [0.25, 0.3) is 10.4 Å². The Labute approximate surface area is 470 Å². The molecule has 422 valence electrons. The second-order valence-electron chi connectivity index (χ2n) is 23.2. The molecule has 16 nitrogen and oxygen atoms in total. The van der Waals surface area contributed by atoms with Crippen molar-refractivity contribution in [3.8, 4) is 10.4 Å². The fraction of sp³-hybridized carbons (Fsp3) is 0.500. The molecule has 4 heterocycles. The van der Waals surface area contributed by atoms with Gasteiger partial charge < -0.3 is 40.7 Å². The number of carbonyl (C=O) groups is 6. The number of unbranched alkanes of at least 4 members (excludes halogenated alkanes) is 7. The molecular weight excluding hydrogens is 1010 g/mol. The molecule has 1 saturated heterocycles. The summed E-state index contributed by atoms with van der Waals surface area (Å²) >= 11 is 1.58. The van der Waals surface area contributed by atoms with E-state index in [1.807, 2.05) is 99.9 Å². The Balaban J connectivity index is 0.677. The molecule has 0 unspecified atom stereocenters. The minimum absolute atomic E-state index is 0.00575. The van der Waals surface area contributed by atoms with Crippen LogP contribution in [-0.4, -0.2) is 110 Å². The van der Waals surface area contributed by atoms with E-state index < -0.39 is 23.6 Å². The lowest BCUT2D eigenvalue weighted by atomic mass is 9.71. The van der Waals surface area contributed by atoms with E-state index in [9.17, 15) is 33.9 Å². The van der Waals surface area contributed by atoms with Gasteiger partial charge in [0.15, 0.2) is 0 Å². The average Bonchev–Trinajstić information content (AvgIpc) is 4.28. The van der Waals surface area contributed by atoms with Crippen LogP contribution in [0.3, 0.4) is 0 Å². The summed E-state index contributed by atoms with van der Waals surface area (Å²) in [6.07, 6.45) is 10.7. The van der Waals surface area contributed by atoms with E-state index >= 15 is 0 Å². The predicted molar refractivity (Wildman–Crippen MR) is 309 cm³/mol. The van der Waals surface area contributed by atoms with Crippen LogP contribution in [0.5, 0.6) is 0 Å². The van der Waals surface area contributed by atoms with Gasteiger partial charge in [0, 0.05) is 89.6 Å². The number of aryl methyl sites for hydroxylation is 1. The molecule has 5 aromatic rings. The van der Waals surface area contributed by atoms with Crippen molar-refractivity contribution in [1.82, 2.24) is 40.2 Å². The van der Waals surface area contributed by atoms with Crippen molar-refractivity contribution in [2.24, 2.45) is 5.41 Å². The lowest BCUT2D eigenvalue weighted by molar-refractivity contribution is -0.144. The summed E-state index contributed by atoms with van der Waals surface area (Å²) in [6, 6.07) is 25.8. The zero-order valence-electron chi connectivity index (χ0n) is 47.1. The fourth-order valence-corrected chi connectivity index (χ4v) is 12.1. The number of β-amino-alcohol motifs (C(OH)–C–C–N with tert-alkyl or cyclic N) is 1. The molecule has 0 bridgehead atoms. The molecule has 1 spiro atoms. The van der Waals surface area contributed by atoms with Gasteiger partial charge in [0.2, 0.25) is 23.6 Å². The number of benzene rings is 3. The van der Waals surface area contributed by atoms with Crippen LogP contribution in [0.1, 0.15) is 160 Å². The first-order valence-corrected chi connectivity index (χ1v) is 29.3. The third-order valence-corrected chi connectivity index (χ3v) is 17.0. The summed E-state index contributed by atoms with van der Waals surface area (Å²) in [5, 5.41) is 22.7. The maximum absolute atomic E-state index is 14.0. The molecule has 3 atom stereocenters. The SMILES string of the molecule is Cc1ncsc1-c1ccc(CNC(=O)[C@@H]2C[C@@H](O)CN2C(=O)[C@@H](NC(=O)CCCCCCCCCCC(=O)Nc2ccc(CNC(=O)c3ccc4n3CCN(Cc3ccc(C(=O)N(C)C)cc3)C43CCC3)cc2)C(C)(C)C)cc1. The standard InChI is InChI=1S/C62H81N9O7S/c1-42-55(79-41-65-42)46-24-18-43(19-25-46)37-64-58(76)51-36-49(72)40-71(51)60(78)56(61(2,3)4)67-54(74)17-14-12-10-8-7-9-11-13-16-53(73)66-48-28-22-44(23-29-48)38-63-57(75)50-30-31-52-62(32-15-33-62)69(34-35-70(50)52)39-45-20-26-47(27-21-45)59(77)68(5)6/h18-31,41,49,51,56,72H,7-17,32-40H2,1-6H3,(H,63,75)(H,64,76)(H,66,73)(H,67,74)/t49-,51+,56-/m1/s1. The molecular formula is C62H81N9O7S. The van der Waals surface area contributed by atoms with Gasteiger partial charge in [-0.15, -0.1) is 11.3 Å². The van der Waals surface area contributed by atoms with Crippen LogP contribution in [0.4, 0.5) is 5.69 Å². The molecule has 79 heavy (non-hydrogen) atoms. The zero-order chi connectivity index (χ0) is 56.3. The molecule has 2 fully saturated rings. The van der Waals surface area contributed by atoms with Gasteiger partial charge in [-0.25, -0.2) is 4.98 Å². The number of aromatic nitrogens is 2. The summed E-state index contributed by atoms with van der Waals surface area (Å²) in [5.74, 6) is -1.05. The van der Waals surface area contributed by atoms with Crippen LogP contribution in [-0.2, 0) is 50.9 Å². The van der Waals surface area contributed by atoms with Gasteiger partial charge in [-0.1, -0.05) is 108 Å². The maximum Gasteiger partial charge on any atom is 0.268 e. The summed E-state index contributed by atoms with van der Waals surface area (Å²) in [7, 11) is 3.52. The molecule has 6 amide bonds. The van der Waals surface area contributed by atoms with E-state index in [1.165, 1.54) is 16.2 Å². The molecule has 3 aliphatic rings. The molecule has 0 radical (unpaired) electrons. The number of rotatable bonds is 24. The van der Waals surface area contributed by atoms with Crippen molar-refractivity contribution in [2.75, 3.05) is 32.5 Å². The van der Waals surface area contributed by atoms with E-state index in [-0.39, 0.29) is 60.5 Å². The molecule has 3 aromatic carbocycles. The number of fused-ring (bicyclic) bond motifs is 2. The largest absolute Gasteiger partial charge is 0.391 e. The molecule has 1 saturated carbocycles. The minimum atomic E-state index is -0.861. The number of amides is 6. The number of thiazole rings is 1. The number of aliphatic hydroxyl groups is 1. The number of anilines is 1. The molecule has 2 aliphatic heterocycles. The van der Waals surface area contributed by atoms with Gasteiger partial charge in [0.1, 0.15) is 17.8 Å². The smallest absolute Gasteiger partial charge is 0.268 e. The van der Waals surface area contributed by atoms with E-state index in [2.05, 4.69) is 53.9 Å². The summed E-state index contributed by atoms with van der Waals surface area (Å²) < 4.78 is 2.20. The lowest BCUT2D eigenvalue weighted by Gasteiger charge is -2.53. The minimum Gasteiger partial charge on any atom is -0.391 e. The third-order valence-electron chi connectivity index (χ3n) is 16.0. The number of aliphatic hydroxyl groups excluding tert-OH is 1. The monoisotopic (exact) mass is 1100 g/mol. The molecule has 1 aliphatic carbocycles. The van der Waals surface area contributed by atoms with Crippen LogP contribution in [0.15, 0.2) is 90.4 Å². The summed E-state index contributed by atoms with van der Waals surface area (Å²) in [6.45, 7) is 10.7. The quantitative estimate of drug-likeness (QED) is 0.0374. The van der Waals surface area contributed by atoms with Gasteiger partial charge >= 0.3 is 0 Å². The van der Waals surface area contributed by atoms with Crippen molar-refractivity contribution >= 4 is 52.5 Å². The highest BCUT2D eigenvalue weighted by atomic mass is 32.1. The van der Waals surface area contributed by atoms with Crippen LogP contribution in [0, 0.1) is 12.3 Å².